The van der Waals surface area contributed by atoms with E-state index in [0.29, 0.717) is 0 Å². The summed E-state index contributed by atoms with van der Waals surface area (Å²) in [4.78, 5) is 36.6. The lowest BCUT2D eigenvalue weighted by Gasteiger charge is -1.99. The average molecular weight is 341 g/mol. The smallest absolute Gasteiger partial charge is 0.204 e. The van der Waals surface area contributed by atoms with Crippen LogP contribution in [0.5, 0.6) is 0 Å². The lowest BCUT2D eigenvalue weighted by molar-refractivity contribution is 0.104. The first kappa shape index (κ1) is 17.1. The van der Waals surface area contributed by atoms with Gasteiger partial charge in [0.15, 0.2) is 0 Å². The molecule has 5 nitrogen and oxygen atoms in total. The van der Waals surface area contributed by atoms with E-state index in [-0.39, 0.29) is 23.0 Å². The predicted octanol–water partition coefficient (Wildman–Crippen LogP) is 3.66. The standard InChI is InChI=1S/C21H15N3O2/c25-20(6-4-16-8-12-22-13-9-16)18-2-1-3-19(24-18)21(26)7-5-17-10-14-23-15-11-17/h1-15H. The number of carbonyl (C=O) groups is 2. The average Bonchev–Trinajstić information content (AvgIpc) is 2.72. The van der Waals surface area contributed by atoms with Crippen molar-refractivity contribution >= 4 is 23.7 Å². The first-order valence-corrected chi connectivity index (χ1v) is 7.94. The summed E-state index contributed by atoms with van der Waals surface area (Å²) in [5.74, 6) is -0.538. The van der Waals surface area contributed by atoms with Crippen molar-refractivity contribution in [2.45, 2.75) is 0 Å². The molecule has 0 bridgehead atoms. The van der Waals surface area contributed by atoms with Gasteiger partial charge in [0.2, 0.25) is 11.6 Å². The molecule has 5 heteroatoms. The number of hydrogen-bond donors (Lipinski definition) is 0. The molecule has 126 valence electrons. The molecule has 0 aliphatic rings. The lowest BCUT2D eigenvalue weighted by Crippen LogP contribution is -2.05. The number of ketones is 2. The van der Waals surface area contributed by atoms with Crippen molar-refractivity contribution in [2.75, 3.05) is 0 Å². The first-order chi connectivity index (χ1) is 12.7. The summed E-state index contributed by atoms with van der Waals surface area (Å²) in [6, 6.07) is 12.0. The van der Waals surface area contributed by atoms with Crippen molar-refractivity contribution in [1.29, 1.82) is 0 Å². The van der Waals surface area contributed by atoms with Gasteiger partial charge in [-0.2, -0.15) is 0 Å². The van der Waals surface area contributed by atoms with Crippen LogP contribution in [0.2, 0.25) is 0 Å². The quantitative estimate of drug-likeness (QED) is 0.505. The minimum Gasteiger partial charge on any atom is -0.288 e. The molecule has 0 unspecified atom stereocenters. The molecule has 0 aliphatic carbocycles. The van der Waals surface area contributed by atoms with E-state index in [1.807, 2.05) is 0 Å². The maximum absolute atomic E-state index is 12.3. The highest BCUT2D eigenvalue weighted by atomic mass is 16.1. The van der Waals surface area contributed by atoms with Gasteiger partial charge in [0.1, 0.15) is 11.4 Å². The molecule has 3 aromatic heterocycles. The van der Waals surface area contributed by atoms with Crippen LogP contribution in [0, 0.1) is 0 Å². The number of allylic oxidation sites excluding steroid dienone is 2. The van der Waals surface area contributed by atoms with Crippen LogP contribution in [0.3, 0.4) is 0 Å². The molecule has 0 aromatic carbocycles. The Bertz CT molecular complexity index is 888. The zero-order valence-electron chi connectivity index (χ0n) is 13.8. The van der Waals surface area contributed by atoms with Crippen molar-refractivity contribution < 1.29 is 9.59 Å². The Morgan fingerprint density at radius 2 is 1.08 bits per heavy atom. The van der Waals surface area contributed by atoms with Crippen LogP contribution in [0.4, 0.5) is 0 Å². The lowest BCUT2D eigenvalue weighted by atomic mass is 10.1. The summed E-state index contributed by atoms with van der Waals surface area (Å²) in [5, 5.41) is 0. The van der Waals surface area contributed by atoms with Crippen molar-refractivity contribution in [3.05, 3.63) is 102 Å². The molecule has 3 rings (SSSR count). The van der Waals surface area contributed by atoms with Crippen molar-refractivity contribution in [1.82, 2.24) is 15.0 Å². The summed E-state index contributed by atoms with van der Waals surface area (Å²) in [5.41, 5.74) is 2.17. The highest BCUT2D eigenvalue weighted by molar-refractivity contribution is 6.08. The fraction of sp³-hybridized carbons (Fsp3) is 0. The van der Waals surface area contributed by atoms with Gasteiger partial charge >= 0.3 is 0 Å². The molecule has 0 aliphatic heterocycles. The fourth-order valence-electron chi connectivity index (χ4n) is 2.17. The Balaban J connectivity index is 1.73. The van der Waals surface area contributed by atoms with Gasteiger partial charge < -0.3 is 0 Å². The molecule has 0 radical (unpaired) electrons. The molecule has 0 spiro atoms. The molecule has 0 N–H and O–H groups in total. The molecule has 0 fully saturated rings. The molecule has 0 atom stereocenters. The first-order valence-electron chi connectivity index (χ1n) is 7.94. The number of rotatable bonds is 6. The Hall–Kier alpha value is -3.73. The Labute approximate surface area is 150 Å². The summed E-state index contributed by atoms with van der Waals surface area (Å²) in [7, 11) is 0. The van der Waals surface area contributed by atoms with Crippen molar-refractivity contribution in [3.8, 4) is 0 Å². The van der Waals surface area contributed by atoms with Gasteiger partial charge in [-0.3, -0.25) is 19.6 Å². The fourth-order valence-corrected chi connectivity index (χ4v) is 2.17. The largest absolute Gasteiger partial charge is 0.288 e. The molecule has 26 heavy (non-hydrogen) atoms. The zero-order chi connectivity index (χ0) is 18.2. The van der Waals surface area contributed by atoms with Gasteiger partial charge in [-0.1, -0.05) is 18.2 Å². The second-order valence-corrected chi connectivity index (χ2v) is 5.36. The minimum absolute atomic E-state index is 0.221. The highest BCUT2D eigenvalue weighted by Crippen LogP contribution is 2.07. The van der Waals surface area contributed by atoms with Crippen LogP contribution in [0.1, 0.15) is 32.1 Å². The van der Waals surface area contributed by atoms with Crippen LogP contribution in [-0.4, -0.2) is 26.5 Å². The topological polar surface area (TPSA) is 72.8 Å². The van der Waals surface area contributed by atoms with Gasteiger partial charge in [0, 0.05) is 24.8 Å². The SMILES string of the molecule is O=C(C=Cc1ccncc1)c1cccc(C(=O)C=Cc2ccncc2)n1. The third-order valence-electron chi connectivity index (χ3n) is 3.52. The number of aromatic nitrogens is 3. The van der Waals surface area contributed by atoms with Gasteiger partial charge in [0.05, 0.1) is 0 Å². The Morgan fingerprint density at radius 3 is 1.50 bits per heavy atom. The van der Waals surface area contributed by atoms with Crippen LogP contribution < -0.4 is 0 Å². The normalized spacial score (nSPS) is 11.1. The number of carbonyl (C=O) groups excluding carboxylic acids is 2. The monoisotopic (exact) mass is 341 g/mol. The summed E-state index contributed by atoms with van der Waals surface area (Å²) in [6.45, 7) is 0. The number of nitrogens with zero attached hydrogens (tertiary/aromatic N) is 3. The summed E-state index contributed by atoms with van der Waals surface area (Å²) < 4.78 is 0. The van der Waals surface area contributed by atoms with Gasteiger partial charge in [0.25, 0.3) is 0 Å². The second kappa shape index (κ2) is 8.39. The summed E-state index contributed by atoms with van der Waals surface area (Å²) in [6.07, 6.45) is 12.8. The van der Waals surface area contributed by atoms with E-state index in [2.05, 4.69) is 15.0 Å². The third-order valence-corrected chi connectivity index (χ3v) is 3.52. The molecule has 0 saturated carbocycles. The molecular weight excluding hydrogens is 326 g/mol. The maximum atomic E-state index is 12.3. The van der Waals surface area contributed by atoms with Gasteiger partial charge in [-0.25, -0.2) is 4.98 Å². The molecule has 0 saturated heterocycles. The molecule has 3 aromatic rings. The predicted molar refractivity (Wildman–Crippen MR) is 99.4 cm³/mol. The van der Waals surface area contributed by atoms with Crippen LogP contribution in [0.25, 0.3) is 12.2 Å². The van der Waals surface area contributed by atoms with E-state index >= 15 is 0 Å². The number of hydrogen-bond acceptors (Lipinski definition) is 5. The van der Waals surface area contributed by atoms with E-state index < -0.39 is 0 Å². The second-order valence-electron chi connectivity index (χ2n) is 5.36. The number of pyridine rings is 3. The molecule has 0 amide bonds. The van der Waals surface area contributed by atoms with Crippen LogP contribution in [0.15, 0.2) is 79.4 Å². The van der Waals surface area contributed by atoms with E-state index in [9.17, 15) is 9.59 Å². The van der Waals surface area contributed by atoms with E-state index in [1.54, 1.807) is 79.4 Å². The Morgan fingerprint density at radius 1 is 0.654 bits per heavy atom. The van der Waals surface area contributed by atoms with Crippen molar-refractivity contribution in [2.24, 2.45) is 0 Å². The van der Waals surface area contributed by atoms with Crippen molar-refractivity contribution in [3.63, 3.8) is 0 Å². The van der Waals surface area contributed by atoms with Crippen LogP contribution >= 0.6 is 0 Å². The van der Waals surface area contributed by atoms with Gasteiger partial charge in [-0.05, 0) is 59.7 Å². The van der Waals surface area contributed by atoms with Gasteiger partial charge in [-0.15, -0.1) is 0 Å². The third kappa shape index (κ3) is 4.64. The van der Waals surface area contributed by atoms with E-state index in [0.717, 1.165) is 11.1 Å². The molecular formula is C21H15N3O2. The summed E-state index contributed by atoms with van der Waals surface area (Å²) >= 11 is 0. The maximum Gasteiger partial charge on any atom is 0.204 e. The molecule has 3 heterocycles. The minimum atomic E-state index is -0.269. The van der Waals surface area contributed by atoms with E-state index in [1.165, 1.54) is 12.2 Å². The Kier molecular flexibility index (Phi) is 5.52. The van der Waals surface area contributed by atoms with Crippen LogP contribution in [-0.2, 0) is 0 Å². The zero-order valence-corrected chi connectivity index (χ0v) is 13.8. The van der Waals surface area contributed by atoms with E-state index in [4.69, 9.17) is 0 Å². The highest BCUT2D eigenvalue weighted by Gasteiger charge is 2.08.